The van der Waals surface area contributed by atoms with Crippen molar-refractivity contribution < 1.29 is 40.6 Å². The van der Waals surface area contributed by atoms with Crippen molar-refractivity contribution in [2.24, 2.45) is 0 Å². The topological polar surface area (TPSA) is 136 Å². The lowest BCUT2D eigenvalue weighted by Gasteiger charge is -2.43. The van der Waals surface area contributed by atoms with Gasteiger partial charge in [0.25, 0.3) is 8.32 Å². The van der Waals surface area contributed by atoms with E-state index in [-0.39, 0.29) is 17.4 Å². The van der Waals surface area contributed by atoms with Gasteiger partial charge in [-0.1, -0.05) is 81.4 Å². The van der Waals surface area contributed by atoms with Gasteiger partial charge in [0, 0.05) is 13.3 Å². The summed E-state index contributed by atoms with van der Waals surface area (Å²) in [5, 5.41) is 1.71. The third kappa shape index (κ3) is 8.22. The maximum atomic E-state index is 12.5. The molecule has 2 atom stereocenters. The van der Waals surface area contributed by atoms with E-state index < -0.39 is 45.9 Å². The lowest BCUT2D eigenvalue weighted by molar-refractivity contribution is 0.206. The molecule has 0 heterocycles. The molecular weight excluding hydrogens is 518 g/mol. The Kier molecular flexibility index (Phi) is 9.66. The molecule has 2 rings (SSSR count). The van der Waals surface area contributed by atoms with Gasteiger partial charge in [-0.25, -0.2) is 17.3 Å². The molecule has 2 aromatic carbocycles. The van der Waals surface area contributed by atoms with Crippen molar-refractivity contribution in [3.8, 4) is 0 Å². The maximum Gasteiger partial charge on any atom is 0.479 e. The maximum absolute atomic E-state index is 12.5. The molecule has 0 bridgehead atoms. The number of sulfone groups is 1. The molecule has 2 aromatic rings. The minimum Gasteiger partial charge on any atom is -0.406 e. The van der Waals surface area contributed by atoms with Crippen molar-refractivity contribution in [3.63, 3.8) is 0 Å². The Labute approximate surface area is 202 Å². The fourth-order valence-corrected chi connectivity index (χ4v) is 11.4. The zero-order valence-electron chi connectivity index (χ0n) is 19.7. The van der Waals surface area contributed by atoms with Gasteiger partial charge in [-0.05, 0) is 15.4 Å². The van der Waals surface area contributed by atoms with Crippen LogP contribution in [0.25, 0.3) is 0 Å². The lowest BCUT2D eigenvalue weighted by Crippen LogP contribution is -2.66. The van der Waals surface area contributed by atoms with Crippen LogP contribution >= 0.6 is 15.4 Å². The summed E-state index contributed by atoms with van der Waals surface area (Å²) in [6, 6.07) is 19.5. The second kappa shape index (κ2) is 11.3. The van der Waals surface area contributed by atoms with Crippen molar-refractivity contribution in [3.05, 3.63) is 60.7 Å². The molecule has 9 nitrogen and oxygen atoms in total. The van der Waals surface area contributed by atoms with E-state index in [1.54, 1.807) is 0 Å². The van der Waals surface area contributed by atoms with Crippen LogP contribution in [-0.2, 0) is 32.2 Å². The van der Waals surface area contributed by atoms with Gasteiger partial charge in [0.05, 0.1) is 18.1 Å². The van der Waals surface area contributed by atoms with Gasteiger partial charge in [-0.2, -0.15) is 0 Å². The first-order valence-electron chi connectivity index (χ1n) is 10.5. The predicted molar refractivity (Wildman–Crippen MR) is 135 cm³/mol. The Morgan fingerprint density at radius 3 is 1.71 bits per heavy atom. The van der Waals surface area contributed by atoms with Crippen LogP contribution in [0.2, 0.25) is 5.04 Å². The molecule has 0 spiro atoms. The zero-order valence-corrected chi connectivity index (χ0v) is 23.3. The molecule has 0 aliphatic heterocycles. The highest BCUT2D eigenvalue weighted by molar-refractivity contribution is 7.91. The van der Waals surface area contributed by atoms with E-state index >= 15 is 0 Å². The minimum absolute atomic E-state index is 0.0797. The largest absolute Gasteiger partial charge is 0.479 e. The van der Waals surface area contributed by atoms with Crippen LogP contribution in [0.15, 0.2) is 60.7 Å². The fourth-order valence-electron chi connectivity index (χ4n) is 3.68. The monoisotopic (exact) mass is 550 g/mol. The fraction of sp³-hybridized carbons (Fsp3) is 0.429. The number of hydrogen-bond donors (Lipinski definition) is 2. The highest BCUT2D eigenvalue weighted by atomic mass is 32.2. The first kappa shape index (κ1) is 29.1. The summed E-state index contributed by atoms with van der Waals surface area (Å²) in [5.74, 6) is -0.909. The van der Waals surface area contributed by atoms with E-state index in [1.165, 1.54) is 0 Å². The molecule has 0 amide bonds. The zero-order chi connectivity index (χ0) is 25.7. The molecule has 0 fully saturated rings. The van der Waals surface area contributed by atoms with Crippen molar-refractivity contribution >= 4 is 43.9 Å². The second-order valence-corrected chi connectivity index (χ2v) is 18.9. The average molecular weight is 551 g/mol. The van der Waals surface area contributed by atoms with Crippen LogP contribution in [-0.4, -0.2) is 57.9 Å². The van der Waals surface area contributed by atoms with Crippen LogP contribution in [0.1, 0.15) is 20.8 Å². The number of benzene rings is 2. The molecule has 34 heavy (non-hydrogen) atoms. The van der Waals surface area contributed by atoms with Crippen molar-refractivity contribution in [2.45, 2.75) is 25.8 Å². The standard InChI is InChI=1S/C21H32O9P2SSi/c1-21(2,3)34(19-11-7-5-8-12-19,20-13-9-6-10-14-20)29-16-18-33(26,27)17-15-28-32(24,25)30-31(4,22)23/h5-14H,15-18H2,1-4H3,(H,22,23)(H,24,25). The molecule has 0 aromatic heterocycles. The van der Waals surface area contributed by atoms with Gasteiger partial charge >= 0.3 is 15.4 Å². The number of phosphoric ester groups is 1. The van der Waals surface area contributed by atoms with E-state index in [4.69, 9.17) is 9.32 Å². The molecule has 0 aliphatic carbocycles. The first-order chi connectivity index (χ1) is 15.6. The molecular formula is C21H32O9P2SSi. The third-order valence-electron chi connectivity index (χ3n) is 5.03. The van der Waals surface area contributed by atoms with Crippen molar-refractivity contribution in [1.82, 2.24) is 0 Å². The molecule has 2 N–H and O–H groups in total. The van der Waals surface area contributed by atoms with Crippen LogP contribution in [0.5, 0.6) is 0 Å². The van der Waals surface area contributed by atoms with E-state index in [1.807, 2.05) is 60.7 Å². The summed E-state index contributed by atoms with van der Waals surface area (Å²) < 4.78 is 63.0. The summed E-state index contributed by atoms with van der Waals surface area (Å²) in [4.78, 5) is 18.5. The molecule has 0 aliphatic rings. The average Bonchev–Trinajstić information content (AvgIpc) is 2.69. The van der Waals surface area contributed by atoms with Crippen molar-refractivity contribution in [1.29, 1.82) is 0 Å². The quantitative estimate of drug-likeness (QED) is 0.302. The summed E-state index contributed by atoms with van der Waals surface area (Å²) in [5.41, 5.74) is 0. The molecule has 2 unspecified atom stereocenters. The Balaban J connectivity index is 2.17. The van der Waals surface area contributed by atoms with E-state index in [9.17, 15) is 22.4 Å². The molecule has 0 saturated carbocycles. The van der Waals surface area contributed by atoms with Gasteiger partial charge in [0.1, 0.15) is 0 Å². The Hall–Kier alpha value is -1.13. The number of phosphoric acid groups is 1. The summed E-state index contributed by atoms with van der Waals surface area (Å²) in [7, 11) is -15.8. The summed E-state index contributed by atoms with van der Waals surface area (Å²) in [6.45, 7) is 6.20. The van der Waals surface area contributed by atoms with E-state index in [2.05, 4.69) is 29.6 Å². The van der Waals surface area contributed by atoms with Crippen LogP contribution in [0.3, 0.4) is 0 Å². The van der Waals surface area contributed by atoms with E-state index in [0.717, 1.165) is 17.0 Å². The van der Waals surface area contributed by atoms with Crippen LogP contribution in [0.4, 0.5) is 0 Å². The third-order valence-corrected chi connectivity index (χ3v) is 14.2. The predicted octanol–water partition coefficient (Wildman–Crippen LogP) is 2.93. The normalized spacial score (nSPS) is 16.5. The first-order valence-corrected chi connectivity index (χ1v) is 17.8. The molecule has 190 valence electrons. The summed E-state index contributed by atoms with van der Waals surface area (Å²) >= 11 is 0. The Morgan fingerprint density at radius 1 is 0.853 bits per heavy atom. The van der Waals surface area contributed by atoms with Gasteiger partial charge in [-0.15, -0.1) is 0 Å². The molecule has 13 heteroatoms. The minimum atomic E-state index is -4.86. The number of hydrogen-bond acceptors (Lipinski definition) is 7. The number of rotatable bonds is 12. The second-order valence-electron chi connectivity index (χ2n) is 8.85. The van der Waals surface area contributed by atoms with Gasteiger partial charge in [-0.3, -0.25) is 9.09 Å². The van der Waals surface area contributed by atoms with E-state index in [0.29, 0.717) is 0 Å². The van der Waals surface area contributed by atoms with Crippen LogP contribution in [0, 0.1) is 0 Å². The van der Waals surface area contributed by atoms with Crippen molar-refractivity contribution in [2.75, 3.05) is 31.4 Å². The SMILES string of the molecule is CC(C)(C)[Si](OCCS(=O)(=O)CCOP(=O)(O)OP(C)(=O)O)(c1ccccc1)c1ccccc1. The van der Waals surface area contributed by atoms with Crippen LogP contribution < -0.4 is 10.4 Å². The van der Waals surface area contributed by atoms with Gasteiger partial charge in [0.15, 0.2) is 9.84 Å². The van der Waals surface area contributed by atoms with Gasteiger partial charge < -0.3 is 14.2 Å². The highest BCUT2D eigenvalue weighted by Gasteiger charge is 2.50. The molecule has 0 radical (unpaired) electrons. The lowest BCUT2D eigenvalue weighted by atomic mass is 10.2. The van der Waals surface area contributed by atoms with Gasteiger partial charge in [0.2, 0.25) is 0 Å². The Morgan fingerprint density at radius 2 is 1.29 bits per heavy atom. The highest BCUT2D eigenvalue weighted by Crippen LogP contribution is 2.57. The Bertz CT molecular complexity index is 1090. The summed E-state index contributed by atoms with van der Waals surface area (Å²) in [6.07, 6.45) is 0. The smallest absolute Gasteiger partial charge is 0.406 e. The molecule has 0 saturated heterocycles.